The number of nitrogens with zero attached hydrogens (tertiary/aromatic N) is 1. The maximum atomic E-state index is 12.9. The van der Waals surface area contributed by atoms with Gasteiger partial charge in [-0.15, -0.1) is 0 Å². The van der Waals surface area contributed by atoms with Crippen molar-refractivity contribution < 1.29 is 4.79 Å². The average molecular weight is 399 g/mol. The highest BCUT2D eigenvalue weighted by molar-refractivity contribution is 9.10. The summed E-state index contributed by atoms with van der Waals surface area (Å²) in [4.78, 5) is 12.9. The number of fused-ring (bicyclic) bond motifs is 1. The maximum absolute atomic E-state index is 12.9. The number of para-hydroxylation sites is 1. The molecule has 0 spiro atoms. The third kappa shape index (κ3) is 3.49. The molecule has 25 heavy (non-hydrogen) atoms. The van der Waals surface area contributed by atoms with Crippen molar-refractivity contribution in [1.29, 1.82) is 0 Å². The molecule has 1 atom stereocenters. The predicted molar refractivity (Wildman–Crippen MR) is 108 cm³/mol. The summed E-state index contributed by atoms with van der Waals surface area (Å²) in [5, 5.41) is 4.30. The van der Waals surface area contributed by atoms with Crippen molar-refractivity contribution in [2.45, 2.75) is 39.7 Å². The highest BCUT2D eigenvalue weighted by Gasteiger charge is 2.19. The molecule has 4 heteroatoms. The van der Waals surface area contributed by atoms with Gasteiger partial charge in [0.15, 0.2) is 0 Å². The number of carbonyl (C=O) groups excluding carboxylic acids is 1. The van der Waals surface area contributed by atoms with Crippen molar-refractivity contribution >= 4 is 38.4 Å². The number of rotatable bonds is 5. The average Bonchev–Trinajstić information content (AvgIpc) is 3.03. The van der Waals surface area contributed by atoms with Crippen LogP contribution in [0, 0.1) is 0 Å². The lowest BCUT2D eigenvalue weighted by atomic mass is 10.0. The fraction of sp³-hybridized carbons (Fsp3) is 0.286. The maximum Gasteiger partial charge on any atom is 0.247 e. The first kappa shape index (κ1) is 17.7. The normalized spacial score (nSPS) is 12.3. The number of aromatic nitrogens is 1. The standard InChI is InChI=1S/C21H23BrN2O/c1-4-15-7-6-8-16(5-2)20(15)23-21(25)14(3)24-12-11-17-13-18(22)9-10-19(17)24/h6-14H,4-5H2,1-3H3,(H,23,25). The third-order valence-electron chi connectivity index (χ3n) is 4.73. The number of aryl methyl sites for hydroxylation is 2. The van der Waals surface area contributed by atoms with Crippen LogP contribution in [-0.4, -0.2) is 10.5 Å². The Hall–Kier alpha value is -2.07. The van der Waals surface area contributed by atoms with Crippen LogP contribution in [0.5, 0.6) is 0 Å². The van der Waals surface area contributed by atoms with Crippen molar-refractivity contribution in [3.8, 4) is 0 Å². The molecule has 0 saturated carbocycles. The van der Waals surface area contributed by atoms with Crippen molar-refractivity contribution in [1.82, 2.24) is 4.57 Å². The molecule has 3 rings (SSSR count). The molecular weight excluding hydrogens is 376 g/mol. The first-order chi connectivity index (χ1) is 12.0. The minimum absolute atomic E-state index is 0.0102. The van der Waals surface area contributed by atoms with Gasteiger partial charge in [-0.2, -0.15) is 0 Å². The lowest BCUT2D eigenvalue weighted by Crippen LogP contribution is -2.24. The first-order valence-corrected chi connectivity index (χ1v) is 9.52. The Bertz CT molecular complexity index is 891. The van der Waals surface area contributed by atoms with E-state index in [4.69, 9.17) is 0 Å². The predicted octanol–water partition coefficient (Wildman–Crippen LogP) is 5.73. The Kier molecular flexibility index (Phi) is 5.28. The van der Waals surface area contributed by atoms with Gasteiger partial charge in [-0.1, -0.05) is 48.0 Å². The molecule has 1 N–H and O–H groups in total. The zero-order valence-electron chi connectivity index (χ0n) is 14.8. The van der Waals surface area contributed by atoms with Crippen LogP contribution in [0.2, 0.25) is 0 Å². The van der Waals surface area contributed by atoms with Crippen molar-refractivity contribution in [3.05, 3.63) is 64.3 Å². The molecule has 1 unspecified atom stereocenters. The van der Waals surface area contributed by atoms with Gasteiger partial charge in [-0.3, -0.25) is 4.79 Å². The molecule has 3 aromatic rings. The second kappa shape index (κ2) is 7.44. The molecular formula is C21H23BrN2O. The molecule has 1 amide bonds. The van der Waals surface area contributed by atoms with Gasteiger partial charge in [0.1, 0.15) is 6.04 Å². The number of anilines is 1. The van der Waals surface area contributed by atoms with Crippen molar-refractivity contribution in [3.63, 3.8) is 0 Å². The number of benzene rings is 2. The Morgan fingerprint density at radius 2 is 1.80 bits per heavy atom. The van der Waals surface area contributed by atoms with Gasteiger partial charge < -0.3 is 9.88 Å². The number of halogens is 1. The second-order valence-electron chi connectivity index (χ2n) is 6.25. The molecule has 2 aromatic carbocycles. The van der Waals surface area contributed by atoms with Crippen molar-refractivity contribution in [2.75, 3.05) is 5.32 Å². The lowest BCUT2D eigenvalue weighted by Gasteiger charge is -2.19. The summed E-state index contributed by atoms with van der Waals surface area (Å²) in [6, 6.07) is 14.1. The smallest absolute Gasteiger partial charge is 0.247 e. The monoisotopic (exact) mass is 398 g/mol. The summed E-state index contributed by atoms with van der Waals surface area (Å²) in [5.74, 6) is 0.0102. The van der Waals surface area contributed by atoms with E-state index >= 15 is 0 Å². The summed E-state index contributed by atoms with van der Waals surface area (Å²) in [7, 11) is 0. The Labute approximate surface area is 157 Å². The molecule has 0 aliphatic heterocycles. The third-order valence-corrected chi connectivity index (χ3v) is 5.22. The molecule has 0 aliphatic carbocycles. The van der Waals surface area contributed by atoms with E-state index in [1.807, 2.05) is 35.9 Å². The molecule has 0 bridgehead atoms. The molecule has 130 valence electrons. The highest BCUT2D eigenvalue weighted by Crippen LogP contribution is 2.26. The van der Waals surface area contributed by atoms with E-state index < -0.39 is 0 Å². The van der Waals surface area contributed by atoms with Gasteiger partial charge in [-0.05, 0) is 55.2 Å². The number of hydrogen-bond donors (Lipinski definition) is 1. The molecule has 0 fully saturated rings. The fourth-order valence-corrected chi connectivity index (χ4v) is 3.61. The van der Waals surface area contributed by atoms with Gasteiger partial charge >= 0.3 is 0 Å². The summed E-state index contributed by atoms with van der Waals surface area (Å²) >= 11 is 3.50. The SMILES string of the molecule is CCc1cccc(CC)c1NC(=O)C(C)n1ccc2cc(Br)ccc21. The van der Waals surface area contributed by atoms with Gasteiger partial charge in [0.2, 0.25) is 5.91 Å². The van der Waals surface area contributed by atoms with Gasteiger partial charge in [0.05, 0.1) is 0 Å². The van der Waals surface area contributed by atoms with E-state index in [2.05, 4.69) is 59.4 Å². The van der Waals surface area contributed by atoms with E-state index in [0.717, 1.165) is 33.9 Å². The number of amides is 1. The largest absolute Gasteiger partial charge is 0.335 e. The fourth-order valence-electron chi connectivity index (χ4n) is 3.23. The molecule has 0 aliphatic rings. The van der Waals surface area contributed by atoms with Gasteiger partial charge in [-0.25, -0.2) is 0 Å². The summed E-state index contributed by atoms with van der Waals surface area (Å²) in [6.45, 7) is 6.17. The van der Waals surface area contributed by atoms with E-state index in [-0.39, 0.29) is 11.9 Å². The van der Waals surface area contributed by atoms with Crippen molar-refractivity contribution in [2.24, 2.45) is 0 Å². The molecule has 3 nitrogen and oxygen atoms in total. The second-order valence-corrected chi connectivity index (χ2v) is 7.17. The Balaban J connectivity index is 1.91. The van der Waals surface area contributed by atoms with Crippen LogP contribution in [0.4, 0.5) is 5.69 Å². The Morgan fingerprint density at radius 1 is 1.12 bits per heavy atom. The zero-order valence-corrected chi connectivity index (χ0v) is 16.4. The minimum atomic E-state index is -0.284. The minimum Gasteiger partial charge on any atom is -0.335 e. The van der Waals surface area contributed by atoms with E-state index in [1.54, 1.807) is 0 Å². The molecule has 0 radical (unpaired) electrons. The summed E-state index contributed by atoms with van der Waals surface area (Å²) in [5.41, 5.74) is 4.40. The van der Waals surface area contributed by atoms with Crippen LogP contribution in [0.15, 0.2) is 53.1 Å². The van der Waals surface area contributed by atoms with Gasteiger partial charge in [0.25, 0.3) is 0 Å². The molecule has 1 aromatic heterocycles. The number of carbonyl (C=O) groups is 1. The number of nitrogens with one attached hydrogen (secondary N) is 1. The van der Waals surface area contributed by atoms with Crippen LogP contribution in [0.3, 0.4) is 0 Å². The highest BCUT2D eigenvalue weighted by atomic mass is 79.9. The Morgan fingerprint density at radius 3 is 2.44 bits per heavy atom. The topological polar surface area (TPSA) is 34.0 Å². The summed E-state index contributed by atoms with van der Waals surface area (Å²) < 4.78 is 3.07. The van der Waals surface area contributed by atoms with Crippen LogP contribution in [0.25, 0.3) is 10.9 Å². The van der Waals surface area contributed by atoms with Crippen LogP contribution >= 0.6 is 15.9 Å². The first-order valence-electron chi connectivity index (χ1n) is 8.72. The quantitative estimate of drug-likeness (QED) is 0.584. The van der Waals surface area contributed by atoms with Gasteiger partial charge in [0, 0.05) is 27.3 Å². The van der Waals surface area contributed by atoms with Crippen LogP contribution in [0.1, 0.15) is 37.9 Å². The summed E-state index contributed by atoms with van der Waals surface area (Å²) in [6.07, 6.45) is 3.78. The molecule has 1 heterocycles. The van der Waals surface area contributed by atoms with Crippen LogP contribution < -0.4 is 5.32 Å². The van der Waals surface area contributed by atoms with E-state index in [1.165, 1.54) is 11.1 Å². The molecule has 0 saturated heterocycles. The number of hydrogen-bond acceptors (Lipinski definition) is 1. The zero-order chi connectivity index (χ0) is 18.0. The lowest BCUT2D eigenvalue weighted by molar-refractivity contribution is -0.118. The van der Waals surface area contributed by atoms with Crippen LogP contribution in [-0.2, 0) is 17.6 Å². The van der Waals surface area contributed by atoms with E-state index in [0.29, 0.717) is 0 Å². The van der Waals surface area contributed by atoms with E-state index in [9.17, 15) is 4.79 Å².